The summed E-state index contributed by atoms with van der Waals surface area (Å²) in [6, 6.07) is 10.2. The molecule has 0 N–H and O–H groups in total. The summed E-state index contributed by atoms with van der Waals surface area (Å²) in [5.41, 5.74) is 2.19. The molecule has 3 nitrogen and oxygen atoms in total. The van der Waals surface area contributed by atoms with E-state index in [2.05, 4.69) is 46.6 Å². The van der Waals surface area contributed by atoms with E-state index in [1.807, 2.05) is 30.7 Å². The van der Waals surface area contributed by atoms with E-state index in [9.17, 15) is 0 Å². The predicted octanol–water partition coefficient (Wildman–Crippen LogP) is 3.54. The van der Waals surface area contributed by atoms with E-state index < -0.39 is 0 Å². The Balaban J connectivity index is 2.27. The molecule has 3 rings (SSSR count). The average Bonchev–Trinajstić information content (AvgIpc) is 2.82. The highest BCUT2D eigenvalue weighted by Crippen LogP contribution is 2.24. The van der Waals surface area contributed by atoms with E-state index in [1.54, 1.807) is 0 Å². The molecule has 90 valence electrons. The van der Waals surface area contributed by atoms with Gasteiger partial charge < -0.3 is 0 Å². The normalized spacial score (nSPS) is 11.3. The van der Waals surface area contributed by atoms with Gasteiger partial charge in [0.05, 0.1) is 0 Å². The van der Waals surface area contributed by atoms with Gasteiger partial charge in [-0.2, -0.15) is 0 Å². The molecule has 0 fully saturated rings. The molecule has 0 spiro atoms. The minimum atomic E-state index is 0.440. The molecule has 0 bridgehead atoms. The van der Waals surface area contributed by atoms with E-state index in [0.29, 0.717) is 5.92 Å². The molecular formula is C15H15N3. The highest BCUT2D eigenvalue weighted by molar-refractivity contribution is 5.77. The lowest BCUT2D eigenvalue weighted by molar-refractivity contribution is 0.833. The topological polar surface area (TPSA) is 30.7 Å². The van der Waals surface area contributed by atoms with Crippen LogP contribution in [0.25, 0.3) is 16.9 Å². The van der Waals surface area contributed by atoms with Gasteiger partial charge in [-0.15, -0.1) is 0 Å². The van der Waals surface area contributed by atoms with Crippen LogP contribution >= 0.6 is 0 Å². The van der Waals surface area contributed by atoms with Crippen LogP contribution in [-0.4, -0.2) is 14.5 Å². The Labute approximate surface area is 106 Å². The van der Waals surface area contributed by atoms with Gasteiger partial charge in [0, 0.05) is 24.0 Å². The molecule has 18 heavy (non-hydrogen) atoms. The number of rotatable bonds is 2. The average molecular weight is 237 g/mol. The highest BCUT2D eigenvalue weighted by atomic mass is 15.1. The summed E-state index contributed by atoms with van der Waals surface area (Å²) in [6.07, 6.45) is 5.68. The zero-order valence-corrected chi connectivity index (χ0v) is 10.5. The summed E-state index contributed by atoms with van der Waals surface area (Å²) in [5, 5.41) is 1.14. The molecule has 0 aliphatic rings. The van der Waals surface area contributed by atoms with Gasteiger partial charge in [0.15, 0.2) is 0 Å². The molecule has 0 aliphatic heterocycles. The SMILES string of the molecule is CC(C)c1cccnc1-n1ccc2cccnc21. The first-order valence-corrected chi connectivity index (χ1v) is 6.15. The first kappa shape index (κ1) is 11.0. The second kappa shape index (κ2) is 4.26. The second-order valence-corrected chi connectivity index (χ2v) is 4.67. The predicted molar refractivity (Wildman–Crippen MR) is 73.0 cm³/mol. The summed E-state index contributed by atoms with van der Waals surface area (Å²) in [4.78, 5) is 8.96. The maximum absolute atomic E-state index is 4.52. The molecule has 3 heterocycles. The maximum atomic E-state index is 4.52. The minimum Gasteiger partial charge on any atom is -0.285 e. The second-order valence-electron chi connectivity index (χ2n) is 4.67. The van der Waals surface area contributed by atoms with Crippen LogP contribution in [0.15, 0.2) is 48.9 Å². The molecule has 0 radical (unpaired) electrons. The molecule has 0 amide bonds. The zero-order valence-electron chi connectivity index (χ0n) is 10.5. The smallest absolute Gasteiger partial charge is 0.145 e. The summed E-state index contributed by atoms with van der Waals surface area (Å²) in [6.45, 7) is 4.36. The van der Waals surface area contributed by atoms with Crippen molar-refractivity contribution in [3.8, 4) is 5.82 Å². The number of nitrogens with zero attached hydrogens (tertiary/aromatic N) is 3. The Morgan fingerprint density at radius 1 is 1.00 bits per heavy atom. The monoisotopic (exact) mass is 237 g/mol. The first-order valence-electron chi connectivity index (χ1n) is 6.15. The zero-order chi connectivity index (χ0) is 12.5. The van der Waals surface area contributed by atoms with Gasteiger partial charge in [-0.1, -0.05) is 19.9 Å². The van der Waals surface area contributed by atoms with Crippen LogP contribution < -0.4 is 0 Å². The third kappa shape index (κ3) is 1.68. The molecular weight excluding hydrogens is 222 g/mol. The van der Waals surface area contributed by atoms with E-state index in [1.165, 1.54) is 5.56 Å². The number of fused-ring (bicyclic) bond motifs is 1. The van der Waals surface area contributed by atoms with Gasteiger partial charge in [0.2, 0.25) is 0 Å². The maximum Gasteiger partial charge on any atom is 0.145 e. The Morgan fingerprint density at radius 3 is 2.61 bits per heavy atom. The fraction of sp³-hybridized carbons (Fsp3) is 0.200. The standard InChI is InChI=1S/C15H15N3/c1-11(2)13-6-4-9-17-15(13)18-10-7-12-5-3-8-16-14(12)18/h3-11H,1-2H3. The molecule has 0 aliphatic carbocycles. The summed E-state index contributed by atoms with van der Waals surface area (Å²) >= 11 is 0. The van der Waals surface area contributed by atoms with Crippen molar-refractivity contribution in [1.29, 1.82) is 0 Å². The summed E-state index contributed by atoms with van der Waals surface area (Å²) in [7, 11) is 0. The molecule has 0 saturated carbocycles. The van der Waals surface area contributed by atoms with Crippen LogP contribution in [0, 0.1) is 0 Å². The lowest BCUT2D eigenvalue weighted by Crippen LogP contribution is -2.03. The quantitative estimate of drug-likeness (QED) is 0.682. The Kier molecular flexibility index (Phi) is 2.59. The van der Waals surface area contributed by atoms with Crippen molar-refractivity contribution in [2.75, 3.05) is 0 Å². The highest BCUT2D eigenvalue weighted by Gasteiger charge is 2.11. The Bertz CT molecular complexity index is 683. The molecule has 0 aromatic carbocycles. The minimum absolute atomic E-state index is 0.440. The molecule has 0 atom stereocenters. The van der Waals surface area contributed by atoms with Gasteiger partial charge in [-0.3, -0.25) is 4.57 Å². The van der Waals surface area contributed by atoms with Crippen molar-refractivity contribution in [3.63, 3.8) is 0 Å². The molecule has 3 aromatic heterocycles. The van der Waals surface area contributed by atoms with Gasteiger partial charge in [-0.25, -0.2) is 9.97 Å². The lowest BCUT2D eigenvalue weighted by Gasteiger charge is -2.12. The number of hydrogen-bond acceptors (Lipinski definition) is 2. The van der Waals surface area contributed by atoms with Crippen molar-refractivity contribution in [2.45, 2.75) is 19.8 Å². The van der Waals surface area contributed by atoms with Gasteiger partial charge >= 0.3 is 0 Å². The van der Waals surface area contributed by atoms with Crippen molar-refractivity contribution in [3.05, 3.63) is 54.5 Å². The first-order chi connectivity index (χ1) is 8.77. The molecule has 3 heteroatoms. The molecule has 0 unspecified atom stereocenters. The van der Waals surface area contributed by atoms with E-state index in [0.717, 1.165) is 16.9 Å². The van der Waals surface area contributed by atoms with E-state index in [4.69, 9.17) is 0 Å². The lowest BCUT2D eigenvalue weighted by atomic mass is 10.0. The number of pyridine rings is 2. The summed E-state index contributed by atoms with van der Waals surface area (Å²) < 4.78 is 2.06. The number of hydrogen-bond donors (Lipinski definition) is 0. The van der Waals surface area contributed by atoms with Crippen LogP contribution in [0.3, 0.4) is 0 Å². The third-order valence-corrected chi connectivity index (χ3v) is 3.12. The van der Waals surface area contributed by atoms with E-state index in [-0.39, 0.29) is 0 Å². The Morgan fingerprint density at radius 2 is 1.78 bits per heavy atom. The van der Waals surface area contributed by atoms with Crippen LogP contribution in [0.5, 0.6) is 0 Å². The van der Waals surface area contributed by atoms with Crippen LogP contribution in [0.1, 0.15) is 25.3 Å². The van der Waals surface area contributed by atoms with Crippen molar-refractivity contribution >= 4 is 11.0 Å². The van der Waals surface area contributed by atoms with Crippen molar-refractivity contribution in [1.82, 2.24) is 14.5 Å². The van der Waals surface area contributed by atoms with Crippen molar-refractivity contribution in [2.24, 2.45) is 0 Å². The fourth-order valence-corrected chi connectivity index (χ4v) is 2.20. The van der Waals surface area contributed by atoms with Gasteiger partial charge in [-0.05, 0) is 35.7 Å². The Hall–Kier alpha value is -2.16. The van der Waals surface area contributed by atoms with Gasteiger partial charge in [0.1, 0.15) is 11.5 Å². The third-order valence-electron chi connectivity index (χ3n) is 3.12. The van der Waals surface area contributed by atoms with Crippen LogP contribution in [0.4, 0.5) is 0 Å². The largest absolute Gasteiger partial charge is 0.285 e. The van der Waals surface area contributed by atoms with Crippen molar-refractivity contribution < 1.29 is 0 Å². The van der Waals surface area contributed by atoms with E-state index >= 15 is 0 Å². The van der Waals surface area contributed by atoms with Crippen LogP contribution in [0.2, 0.25) is 0 Å². The van der Waals surface area contributed by atoms with Crippen LogP contribution in [-0.2, 0) is 0 Å². The molecule has 0 saturated heterocycles. The molecule has 3 aromatic rings. The fourth-order valence-electron chi connectivity index (χ4n) is 2.20. The van der Waals surface area contributed by atoms with Gasteiger partial charge in [0.25, 0.3) is 0 Å². The summed E-state index contributed by atoms with van der Waals surface area (Å²) in [5.74, 6) is 1.41. The number of aromatic nitrogens is 3.